The number of halogens is 1. The Morgan fingerprint density at radius 3 is 2.62 bits per heavy atom. The molecular weight excluding hydrogens is 511 g/mol. The van der Waals surface area contributed by atoms with Crippen molar-refractivity contribution >= 4 is 35.8 Å². The van der Waals surface area contributed by atoms with Crippen molar-refractivity contribution < 1.29 is 4.79 Å². The van der Waals surface area contributed by atoms with Gasteiger partial charge in [0.05, 0.1) is 0 Å². The lowest BCUT2D eigenvalue weighted by Crippen LogP contribution is -2.39. The molecule has 6 heteroatoms. The predicted molar refractivity (Wildman–Crippen MR) is 142 cm³/mol. The van der Waals surface area contributed by atoms with E-state index >= 15 is 0 Å². The maximum absolute atomic E-state index is 12.4. The molecule has 1 saturated carbocycles. The first-order valence-corrected chi connectivity index (χ1v) is 11.6. The molecule has 32 heavy (non-hydrogen) atoms. The topological polar surface area (TPSA) is 56.7 Å². The Hall–Kier alpha value is -2.09. The largest absolute Gasteiger partial charge is 0.357 e. The molecule has 3 atom stereocenters. The maximum Gasteiger partial charge on any atom is 0.223 e. The number of nitrogens with zero attached hydrogens (tertiary/aromatic N) is 2. The number of hydrogen-bond donors (Lipinski definition) is 2. The molecule has 2 fully saturated rings. The van der Waals surface area contributed by atoms with Crippen LogP contribution in [0.1, 0.15) is 42.4 Å². The highest BCUT2D eigenvalue weighted by molar-refractivity contribution is 14.0. The molecule has 1 aliphatic heterocycles. The molecule has 2 aliphatic rings. The van der Waals surface area contributed by atoms with E-state index in [0.29, 0.717) is 30.8 Å². The highest BCUT2D eigenvalue weighted by Gasteiger charge is 2.39. The Bertz CT molecular complexity index is 917. The first-order valence-electron chi connectivity index (χ1n) is 11.6. The molecule has 1 saturated heterocycles. The van der Waals surface area contributed by atoms with Crippen LogP contribution in [0.3, 0.4) is 0 Å². The smallest absolute Gasteiger partial charge is 0.223 e. The Balaban J connectivity index is 0.00000289. The predicted octanol–water partition coefficient (Wildman–Crippen LogP) is 4.12. The SMILES string of the molecule is CCNC(=NCC1CC(=O)N(CCc2ccccc2)C1)NC1CC1c1ccccc1C.I. The van der Waals surface area contributed by atoms with Crippen LogP contribution in [0.5, 0.6) is 0 Å². The van der Waals surface area contributed by atoms with Crippen molar-refractivity contribution in [3.63, 3.8) is 0 Å². The number of aliphatic imine (C=N–C) groups is 1. The quantitative estimate of drug-likeness (QED) is 0.298. The summed E-state index contributed by atoms with van der Waals surface area (Å²) in [4.78, 5) is 19.3. The van der Waals surface area contributed by atoms with Crippen LogP contribution in [0.4, 0.5) is 0 Å². The molecule has 1 heterocycles. The highest BCUT2D eigenvalue weighted by Crippen LogP contribution is 2.42. The second-order valence-corrected chi connectivity index (χ2v) is 8.81. The van der Waals surface area contributed by atoms with Gasteiger partial charge < -0.3 is 15.5 Å². The van der Waals surface area contributed by atoms with Crippen LogP contribution < -0.4 is 10.6 Å². The number of rotatable bonds is 8. The molecule has 1 aliphatic carbocycles. The minimum absolute atomic E-state index is 0. The maximum atomic E-state index is 12.4. The van der Waals surface area contributed by atoms with E-state index in [9.17, 15) is 4.79 Å². The second kappa shape index (κ2) is 11.7. The van der Waals surface area contributed by atoms with Gasteiger partial charge in [-0.05, 0) is 43.4 Å². The third kappa shape index (κ3) is 6.47. The van der Waals surface area contributed by atoms with Crippen molar-refractivity contribution in [1.82, 2.24) is 15.5 Å². The second-order valence-electron chi connectivity index (χ2n) is 8.81. The minimum atomic E-state index is 0. The van der Waals surface area contributed by atoms with Gasteiger partial charge in [-0.25, -0.2) is 0 Å². The van der Waals surface area contributed by atoms with Gasteiger partial charge in [-0.1, -0.05) is 54.6 Å². The van der Waals surface area contributed by atoms with E-state index in [-0.39, 0.29) is 29.9 Å². The molecule has 0 radical (unpaired) electrons. The molecule has 2 aromatic rings. The number of carbonyl (C=O) groups is 1. The van der Waals surface area contributed by atoms with E-state index in [0.717, 1.165) is 38.4 Å². The van der Waals surface area contributed by atoms with Crippen LogP contribution in [-0.4, -0.2) is 49.0 Å². The van der Waals surface area contributed by atoms with Gasteiger partial charge in [-0.3, -0.25) is 9.79 Å². The summed E-state index contributed by atoms with van der Waals surface area (Å²) in [7, 11) is 0. The molecule has 0 spiro atoms. The van der Waals surface area contributed by atoms with Gasteiger partial charge >= 0.3 is 0 Å². The molecular formula is C26H35IN4O. The lowest BCUT2D eigenvalue weighted by Gasteiger charge is -2.16. The van der Waals surface area contributed by atoms with E-state index in [1.165, 1.54) is 16.7 Å². The summed E-state index contributed by atoms with van der Waals surface area (Å²) >= 11 is 0. The fourth-order valence-electron chi connectivity index (χ4n) is 4.52. The third-order valence-corrected chi connectivity index (χ3v) is 6.36. The Kier molecular flexibility index (Phi) is 8.96. The molecule has 2 aromatic carbocycles. The summed E-state index contributed by atoms with van der Waals surface area (Å²) in [5.74, 6) is 1.99. The molecule has 3 unspecified atom stereocenters. The fraction of sp³-hybridized carbons (Fsp3) is 0.462. The van der Waals surface area contributed by atoms with Crippen molar-refractivity contribution in [3.05, 3.63) is 71.3 Å². The summed E-state index contributed by atoms with van der Waals surface area (Å²) in [5.41, 5.74) is 4.08. The number of guanidine groups is 1. The van der Waals surface area contributed by atoms with E-state index < -0.39 is 0 Å². The van der Waals surface area contributed by atoms with Crippen molar-refractivity contribution in [1.29, 1.82) is 0 Å². The minimum Gasteiger partial charge on any atom is -0.357 e. The lowest BCUT2D eigenvalue weighted by atomic mass is 10.0. The normalized spacial score (nSPS) is 22.4. The monoisotopic (exact) mass is 546 g/mol. The van der Waals surface area contributed by atoms with Gasteiger partial charge in [0.15, 0.2) is 5.96 Å². The average Bonchev–Trinajstić information content (AvgIpc) is 3.44. The molecule has 1 amide bonds. The number of benzene rings is 2. The van der Waals surface area contributed by atoms with E-state index in [4.69, 9.17) is 4.99 Å². The number of aryl methyl sites for hydroxylation is 1. The van der Waals surface area contributed by atoms with E-state index in [2.05, 4.69) is 73.0 Å². The van der Waals surface area contributed by atoms with Crippen molar-refractivity contribution in [2.24, 2.45) is 10.9 Å². The molecule has 4 rings (SSSR count). The Labute approximate surface area is 209 Å². The average molecular weight is 546 g/mol. The zero-order valence-corrected chi connectivity index (χ0v) is 21.4. The first-order chi connectivity index (χ1) is 15.1. The molecule has 5 nitrogen and oxygen atoms in total. The number of likely N-dealkylation sites (tertiary alicyclic amines) is 1. The van der Waals surface area contributed by atoms with Gasteiger partial charge in [0.25, 0.3) is 0 Å². The van der Waals surface area contributed by atoms with Crippen LogP contribution in [0.2, 0.25) is 0 Å². The lowest BCUT2D eigenvalue weighted by molar-refractivity contribution is -0.127. The summed E-state index contributed by atoms with van der Waals surface area (Å²) in [6, 6.07) is 19.5. The van der Waals surface area contributed by atoms with Gasteiger partial charge in [0.1, 0.15) is 0 Å². The highest BCUT2D eigenvalue weighted by atomic mass is 127. The zero-order chi connectivity index (χ0) is 21.6. The van der Waals surface area contributed by atoms with Gasteiger partial charge in [0, 0.05) is 50.5 Å². The summed E-state index contributed by atoms with van der Waals surface area (Å²) in [5, 5.41) is 6.98. The van der Waals surface area contributed by atoms with Crippen LogP contribution in [0.25, 0.3) is 0 Å². The first kappa shape index (κ1) is 24.6. The zero-order valence-electron chi connectivity index (χ0n) is 19.1. The van der Waals surface area contributed by atoms with Crippen LogP contribution in [-0.2, 0) is 11.2 Å². The molecule has 0 bridgehead atoms. The van der Waals surface area contributed by atoms with Gasteiger partial charge in [-0.2, -0.15) is 0 Å². The van der Waals surface area contributed by atoms with Gasteiger partial charge in [-0.15, -0.1) is 24.0 Å². The molecule has 172 valence electrons. The van der Waals surface area contributed by atoms with Crippen LogP contribution >= 0.6 is 24.0 Å². The van der Waals surface area contributed by atoms with Gasteiger partial charge in [0.2, 0.25) is 5.91 Å². The van der Waals surface area contributed by atoms with E-state index in [1.807, 2.05) is 11.0 Å². The number of carbonyl (C=O) groups excluding carboxylic acids is 1. The standard InChI is InChI=1S/C26H34N4O.HI/c1-3-27-26(29-24-16-23(24)22-12-8-7-9-19(22)2)28-17-21-15-25(31)30(18-21)14-13-20-10-5-4-6-11-20;/h4-12,21,23-24H,3,13-18H2,1-2H3,(H2,27,28,29);1H. The fourth-order valence-corrected chi connectivity index (χ4v) is 4.52. The van der Waals surface area contributed by atoms with Crippen LogP contribution in [0.15, 0.2) is 59.6 Å². The van der Waals surface area contributed by atoms with E-state index in [1.54, 1.807) is 0 Å². The van der Waals surface area contributed by atoms with Crippen molar-refractivity contribution in [2.75, 3.05) is 26.2 Å². The number of amides is 1. The van der Waals surface area contributed by atoms with Crippen molar-refractivity contribution in [3.8, 4) is 0 Å². The summed E-state index contributed by atoms with van der Waals surface area (Å²) < 4.78 is 0. The van der Waals surface area contributed by atoms with Crippen molar-refractivity contribution in [2.45, 2.75) is 45.1 Å². The Morgan fingerprint density at radius 2 is 1.88 bits per heavy atom. The molecule has 2 N–H and O–H groups in total. The Morgan fingerprint density at radius 1 is 1.12 bits per heavy atom. The van der Waals surface area contributed by atoms with Crippen LogP contribution in [0, 0.1) is 12.8 Å². The number of hydrogen-bond acceptors (Lipinski definition) is 2. The molecule has 0 aromatic heterocycles. The summed E-state index contributed by atoms with van der Waals surface area (Å²) in [6.07, 6.45) is 2.66. The third-order valence-electron chi connectivity index (χ3n) is 6.36. The summed E-state index contributed by atoms with van der Waals surface area (Å²) in [6.45, 7) is 7.40. The number of nitrogens with one attached hydrogen (secondary N) is 2.